The van der Waals surface area contributed by atoms with Crippen molar-refractivity contribution in [2.24, 2.45) is 0 Å². The summed E-state index contributed by atoms with van der Waals surface area (Å²) < 4.78 is 5.59. The van der Waals surface area contributed by atoms with Gasteiger partial charge in [-0.05, 0) is 49.7 Å². The van der Waals surface area contributed by atoms with Gasteiger partial charge in [0.2, 0.25) is 11.8 Å². The maximum absolute atomic E-state index is 13.4. The molecular weight excluding hydrogens is 354 g/mol. The zero-order valence-electron chi connectivity index (χ0n) is 16.6. The van der Waals surface area contributed by atoms with E-state index in [1.807, 2.05) is 17.0 Å². The monoisotopic (exact) mass is 385 g/mol. The Hall–Kier alpha value is -1.92. The van der Waals surface area contributed by atoms with E-state index in [-0.39, 0.29) is 30.5 Å². The van der Waals surface area contributed by atoms with Crippen molar-refractivity contribution in [3.05, 3.63) is 35.4 Å². The van der Waals surface area contributed by atoms with E-state index in [4.69, 9.17) is 4.74 Å². The Morgan fingerprint density at radius 2 is 1.89 bits per heavy atom. The first kappa shape index (κ1) is 19.4. The van der Waals surface area contributed by atoms with Crippen molar-refractivity contribution >= 4 is 11.8 Å². The van der Waals surface area contributed by atoms with Crippen molar-refractivity contribution in [3.63, 3.8) is 0 Å². The summed E-state index contributed by atoms with van der Waals surface area (Å²) in [5.41, 5.74) is 2.30. The third-order valence-corrected chi connectivity index (χ3v) is 6.18. The first-order chi connectivity index (χ1) is 13.7. The average Bonchev–Trinajstić information content (AvgIpc) is 3.26. The van der Waals surface area contributed by atoms with Crippen LogP contribution in [0.2, 0.25) is 0 Å². The molecule has 0 aliphatic carbocycles. The largest absolute Gasteiger partial charge is 0.376 e. The third kappa shape index (κ3) is 4.39. The van der Waals surface area contributed by atoms with Gasteiger partial charge in [-0.3, -0.25) is 14.5 Å². The van der Waals surface area contributed by atoms with Gasteiger partial charge in [0, 0.05) is 32.8 Å². The molecule has 2 saturated heterocycles. The van der Waals surface area contributed by atoms with Crippen molar-refractivity contribution in [2.75, 3.05) is 39.3 Å². The summed E-state index contributed by atoms with van der Waals surface area (Å²) in [6.07, 6.45) is 6.42. The molecule has 1 aromatic rings. The van der Waals surface area contributed by atoms with E-state index in [0.29, 0.717) is 6.54 Å². The van der Waals surface area contributed by atoms with Crippen molar-refractivity contribution < 1.29 is 14.3 Å². The first-order valence-electron chi connectivity index (χ1n) is 10.7. The summed E-state index contributed by atoms with van der Waals surface area (Å²) in [6, 6.07) is 7.84. The van der Waals surface area contributed by atoms with Crippen LogP contribution in [-0.2, 0) is 20.7 Å². The molecule has 0 unspecified atom stereocenters. The fourth-order valence-electron chi connectivity index (χ4n) is 4.64. The fraction of sp³-hybridized carbons (Fsp3) is 0.636. The maximum atomic E-state index is 13.4. The van der Waals surface area contributed by atoms with Crippen LogP contribution in [-0.4, -0.2) is 67.0 Å². The fourth-order valence-corrected chi connectivity index (χ4v) is 4.64. The van der Waals surface area contributed by atoms with Crippen molar-refractivity contribution in [2.45, 2.75) is 50.7 Å². The standard InChI is InChI=1S/C22H31N3O3/c26-20(23-15-18-8-6-14-28-18)16-25-13-10-17-7-2-3-9-19(17)21(25)22(27)24-11-4-1-5-12-24/h2-3,7,9,18,21H,1,4-6,8,10-16H2,(H,23,26)/t18-,21+/m0/s1. The number of carbonyl (C=O) groups excluding carboxylic acids is 2. The number of nitrogens with one attached hydrogen (secondary N) is 1. The highest BCUT2D eigenvalue weighted by atomic mass is 16.5. The summed E-state index contributed by atoms with van der Waals surface area (Å²) >= 11 is 0. The molecule has 0 spiro atoms. The predicted molar refractivity (Wildman–Crippen MR) is 107 cm³/mol. The van der Waals surface area contributed by atoms with Crippen LogP contribution in [0.4, 0.5) is 0 Å². The lowest BCUT2D eigenvalue weighted by Crippen LogP contribution is -2.50. The molecule has 3 aliphatic rings. The maximum Gasteiger partial charge on any atom is 0.244 e. The molecule has 152 valence electrons. The second-order valence-corrected chi connectivity index (χ2v) is 8.15. The molecule has 0 radical (unpaired) electrons. The van der Waals surface area contributed by atoms with Crippen LogP contribution in [0.5, 0.6) is 0 Å². The van der Waals surface area contributed by atoms with Gasteiger partial charge in [0.25, 0.3) is 0 Å². The van der Waals surface area contributed by atoms with E-state index in [1.54, 1.807) is 0 Å². The summed E-state index contributed by atoms with van der Waals surface area (Å²) in [5.74, 6) is 0.130. The number of benzene rings is 1. The van der Waals surface area contributed by atoms with Crippen LogP contribution < -0.4 is 5.32 Å². The lowest BCUT2D eigenvalue weighted by molar-refractivity contribution is -0.139. The van der Waals surface area contributed by atoms with E-state index < -0.39 is 0 Å². The summed E-state index contributed by atoms with van der Waals surface area (Å²) in [6.45, 7) is 4.00. The Morgan fingerprint density at radius 1 is 1.07 bits per heavy atom. The summed E-state index contributed by atoms with van der Waals surface area (Å²) in [7, 11) is 0. The van der Waals surface area contributed by atoms with Crippen molar-refractivity contribution in [1.29, 1.82) is 0 Å². The van der Waals surface area contributed by atoms with Crippen molar-refractivity contribution in [1.82, 2.24) is 15.1 Å². The molecule has 3 heterocycles. The van der Waals surface area contributed by atoms with E-state index >= 15 is 0 Å². The lowest BCUT2D eigenvalue weighted by Gasteiger charge is -2.39. The van der Waals surface area contributed by atoms with Gasteiger partial charge in [-0.1, -0.05) is 24.3 Å². The van der Waals surface area contributed by atoms with Crippen LogP contribution in [0.3, 0.4) is 0 Å². The topological polar surface area (TPSA) is 61.9 Å². The van der Waals surface area contributed by atoms with Crippen molar-refractivity contribution in [3.8, 4) is 0 Å². The Bertz CT molecular complexity index is 696. The molecule has 6 heteroatoms. The molecule has 1 aromatic carbocycles. The molecule has 2 fully saturated rings. The van der Waals surface area contributed by atoms with Gasteiger partial charge in [0.1, 0.15) is 6.04 Å². The van der Waals surface area contributed by atoms with Gasteiger partial charge in [-0.15, -0.1) is 0 Å². The van der Waals surface area contributed by atoms with Crippen LogP contribution in [0.15, 0.2) is 24.3 Å². The number of fused-ring (bicyclic) bond motifs is 1. The minimum absolute atomic E-state index is 0.0219. The highest BCUT2D eigenvalue weighted by molar-refractivity contribution is 5.85. The second-order valence-electron chi connectivity index (χ2n) is 8.15. The Morgan fingerprint density at radius 3 is 2.68 bits per heavy atom. The van der Waals surface area contributed by atoms with Crippen LogP contribution in [0.1, 0.15) is 49.3 Å². The highest BCUT2D eigenvalue weighted by Crippen LogP contribution is 2.32. The average molecular weight is 386 g/mol. The van der Waals surface area contributed by atoms with E-state index in [0.717, 1.165) is 63.9 Å². The van der Waals surface area contributed by atoms with Crippen LogP contribution in [0, 0.1) is 0 Å². The summed E-state index contributed by atoms with van der Waals surface area (Å²) in [5, 5.41) is 3.00. The smallest absolute Gasteiger partial charge is 0.244 e. The van der Waals surface area contributed by atoms with E-state index in [9.17, 15) is 9.59 Å². The molecule has 2 atom stereocenters. The third-order valence-electron chi connectivity index (χ3n) is 6.18. The number of nitrogens with zero attached hydrogens (tertiary/aromatic N) is 2. The molecular formula is C22H31N3O3. The zero-order chi connectivity index (χ0) is 19.3. The number of piperidine rings is 1. The molecule has 6 nitrogen and oxygen atoms in total. The quantitative estimate of drug-likeness (QED) is 0.841. The van der Waals surface area contributed by atoms with Crippen LogP contribution in [0.25, 0.3) is 0 Å². The number of amides is 2. The van der Waals surface area contributed by atoms with Gasteiger partial charge < -0.3 is 15.0 Å². The molecule has 1 N–H and O–H groups in total. The van der Waals surface area contributed by atoms with E-state index in [2.05, 4.69) is 22.3 Å². The number of hydrogen-bond donors (Lipinski definition) is 1. The molecule has 0 bridgehead atoms. The number of rotatable bonds is 5. The number of ether oxygens (including phenoxy) is 1. The predicted octanol–water partition coefficient (Wildman–Crippen LogP) is 1.89. The second kappa shape index (κ2) is 9.05. The normalized spacial score (nSPS) is 25.4. The Kier molecular flexibility index (Phi) is 6.27. The van der Waals surface area contributed by atoms with Gasteiger partial charge in [-0.2, -0.15) is 0 Å². The van der Waals surface area contributed by atoms with Crippen LogP contribution >= 0.6 is 0 Å². The van der Waals surface area contributed by atoms with Gasteiger partial charge in [-0.25, -0.2) is 0 Å². The lowest BCUT2D eigenvalue weighted by atomic mass is 9.91. The first-order valence-corrected chi connectivity index (χ1v) is 10.7. The minimum atomic E-state index is -0.350. The van der Waals surface area contributed by atoms with Gasteiger partial charge >= 0.3 is 0 Å². The molecule has 4 rings (SSSR count). The van der Waals surface area contributed by atoms with Gasteiger partial charge in [0.15, 0.2) is 0 Å². The number of carbonyl (C=O) groups is 2. The number of likely N-dealkylation sites (tertiary alicyclic amines) is 1. The number of hydrogen-bond acceptors (Lipinski definition) is 4. The Labute approximate surface area is 167 Å². The molecule has 0 saturated carbocycles. The highest BCUT2D eigenvalue weighted by Gasteiger charge is 2.36. The molecule has 0 aromatic heterocycles. The SMILES string of the molecule is O=C(CN1CCc2ccccc2[C@@H]1C(=O)N1CCCCC1)NC[C@@H]1CCCO1. The van der Waals surface area contributed by atoms with Gasteiger partial charge in [0.05, 0.1) is 12.6 Å². The summed E-state index contributed by atoms with van der Waals surface area (Å²) in [4.78, 5) is 30.1. The Balaban J connectivity index is 1.46. The molecule has 28 heavy (non-hydrogen) atoms. The minimum Gasteiger partial charge on any atom is -0.376 e. The van der Waals surface area contributed by atoms with E-state index in [1.165, 1.54) is 12.0 Å². The zero-order valence-corrected chi connectivity index (χ0v) is 16.6. The molecule has 3 aliphatic heterocycles. The molecule has 2 amide bonds.